The Morgan fingerprint density at radius 2 is 1.60 bits per heavy atom. The van der Waals surface area contributed by atoms with E-state index >= 15 is 0 Å². The van der Waals surface area contributed by atoms with Crippen molar-refractivity contribution >= 4 is 21.8 Å². The van der Waals surface area contributed by atoms with E-state index in [0.29, 0.717) is 28.1 Å². The van der Waals surface area contributed by atoms with E-state index in [1.807, 2.05) is 18.2 Å². The van der Waals surface area contributed by atoms with Crippen LogP contribution in [0.15, 0.2) is 40.9 Å². The van der Waals surface area contributed by atoms with Crippen LogP contribution in [0, 0.1) is 0 Å². The van der Waals surface area contributed by atoms with Crippen molar-refractivity contribution in [2.24, 2.45) is 0 Å². The molecule has 0 aliphatic carbocycles. The highest BCUT2D eigenvalue weighted by molar-refractivity contribution is 9.10. The fraction of sp³-hybridized carbons (Fsp3) is 0.435. The molecule has 1 unspecified atom stereocenters. The van der Waals surface area contributed by atoms with Crippen LogP contribution in [0.5, 0.6) is 17.2 Å². The van der Waals surface area contributed by atoms with Crippen molar-refractivity contribution in [1.29, 1.82) is 0 Å². The average Bonchev–Trinajstić information content (AvgIpc) is 2.80. The molecule has 6 nitrogen and oxygen atoms in total. The third-order valence-corrected chi connectivity index (χ3v) is 6.27. The van der Waals surface area contributed by atoms with Crippen molar-refractivity contribution in [2.45, 2.75) is 25.3 Å². The average molecular weight is 477 g/mol. The van der Waals surface area contributed by atoms with Gasteiger partial charge in [-0.15, -0.1) is 0 Å². The van der Waals surface area contributed by atoms with E-state index in [1.54, 1.807) is 33.5 Å². The first-order valence-electron chi connectivity index (χ1n) is 10.2. The number of nitrogens with zero attached hydrogens (tertiary/aromatic N) is 1. The lowest BCUT2D eigenvalue weighted by Crippen LogP contribution is -2.40. The zero-order valence-electron chi connectivity index (χ0n) is 17.7. The zero-order valence-corrected chi connectivity index (χ0v) is 19.3. The van der Waals surface area contributed by atoms with E-state index in [4.69, 9.17) is 14.2 Å². The van der Waals surface area contributed by atoms with Crippen LogP contribution in [0.4, 0.5) is 0 Å². The molecule has 1 heterocycles. The molecule has 1 aliphatic rings. The molecule has 1 amide bonds. The maximum Gasteiger partial charge on any atom is 0.251 e. The fourth-order valence-corrected chi connectivity index (χ4v) is 4.45. The topological polar surface area (TPSA) is 60.0 Å². The van der Waals surface area contributed by atoms with E-state index in [2.05, 4.69) is 32.2 Å². The molecule has 2 aromatic carbocycles. The Morgan fingerprint density at radius 3 is 2.20 bits per heavy atom. The van der Waals surface area contributed by atoms with Crippen LogP contribution in [0.25, 0.3) is 0 Å². The summed E-state index contributed by atoms with van der Waals surface area (Å²) in [6, 6.07) is 11.5. The van der Waals surface area contributed by atoms with Crippen molar-refractivity contribution in [3.05, 3.63) is 52.0 Å². The van der Waals surface area contributed by atoms with Gasteiger partial charge in [0.25, 0.3) is 5.91 Å². The van der Waals surface area contributed by atoms with Gasteiger partial charge in [0.05, 0.1) is 27.4 Å². The largest absolute Gasteiger partial charge is 0.496 e. The predicted octanol–water partition coefficient (Wildman–Crippen LogP) is 4.43. The molecular weight excluding hydrogens is 448 g/mol. The predicted molar refractivity (Wildman–Crippen MR) is 121 cm³/mol. The summed E-state index contributed by atoms with van der Waals surface area (Å²) in [7, 11) is 4.82. The molecular formula is C23H29BrN2O4. The Morgan fingerprint density at radius 1 is 1.00 bits per heavy atom. The van der Waals surface area contributed by atoms with Crippen LogP contribution in [0.2, 0.25) is 0 Å². The maximum absolute atomic E-state index is 13.0. The minimum atomic E-state index is -0.170. The van der Waals surface area contributed by atoms with Crippen molar-refractivity contribution in [2.75, 3.05) is 41.0 Å². The standard InChI is InChI=1S/C23H29BrN2O4/c1-28-19-10-6-5-9-17(19)18(26-11-7-4-8-12-26)15-25-23(27)16-13-20(29-2)22(24)21(14-16)30-3/h5-6,9-10,13-14,18H,4,7-8,11-12,15H2,1-3H3,(H,25,27). The summed E-state index contributed by atoms with van der Waals surface area (Å²) < 4.78 is 17.0. The van der Waals surface area contributed by atoms with Crippen LogP contribution in [-0.2, 0) is 0 Å². The van der Waals surface area contributed by atoms with E-state index in [1.165, 1.54) is 19.3 Å². The Bertz CT molecular complexity index is 843. The lowest BCUT2D eigenvalue weighted by molar-refractivity contribution is 0.0922. The van der Waals surface area contributed by atoms with Crippen LogP contribution < -0.4 is 19.5 Å². The first kappa shape index (κ1) is 22.4. The summed E-state index contributed by atoms with van der Waals surface area (Å²) in [5.74, 6) is 1.78. The molecule has 0 bridgehead atoms. The number of carbonyl (C=O) groups is 1. The van der Waals surface area contributed by atoms with Gasteiger partial charge in [0.2, 0.25) is 0 Å². The summed E-state index contributed by atoms with van der Waals surface area (Å²) >= 11 is 3.44. The number of methoxy groups -OCH3 is 3. The van der Waals surface area contributed by atoms with E-state index < -0.39 is 0 Å². The number of nitrogens with one attached hydrogen (secondary N) is 1. The highest BCUT2D eigenvalue weighted by Crippen LogP contribution is 2.36. The van der Waals surface area contributed by atoms with Gasteiger partial charge in [0, 0.05) is 17.7 Å². The molecule has 7 heteroatoms. The second-order valence-corrected chi connectivity index (χ2v) is 8.05. The van der Waals surface area contributed by atoms with Crippen LogP contribution in [-0.4, -0.2) is 51.8 Å². The van der Waals surface area contributed by atoms with Crippen molar-refractivity contribution < 1.29 is 19.0 Å². The Hall–Kier alpha value is -2.25. The normalized spacial score (nSPS) is 15.3. The smallest absolute Gasteiger partial charge is 0.251 e. The number of hydrogen-bond acceptors (Lipinski definition) is 5. The molecule has 1 fully saturated rings. The number of para-hydroxylation sites is 1. The molecule has 0 saturated carbocycles. The second kappa shape index (κ2) is 10.7. The minimum absolute atomic E-state index is 0.0460. The number of amides is 1. The van der Waals surface area contributed by atoms with Gasteiger partial charge < -0.3 is 19.5 Å². The summed E-state index contributed by atoms with van der Waals surface area (Å²) in [6.07, 6.45) is 3.58. The molecule has 3 rings (SSSR count). The summed E-state index contributed by atoms with van der Waals surface area (Å²) in [5, 5.41) is 3.11. The van der Waals surface area contributed by atoms with Gasteiger partial charge in [-0.2, -0.15) is 0 Å². The lowest BCUT2D eigenvalue weighted by Gasteiger charge is -2.35. The first-order valence-corrected chi connectivity index (χ1v) is 10.9. The Kier molecular flexibility index (Phi) is 7.99. The molecule has 0 radical (unpaired) electrons. The van der Waals surface area contributed by atoms with Gasteiger partial charge >= 0.3 is 0 Å². The monoisotopic (exact) mass is 476 g/mol. The number of halogens is 1. The molecule has 30 heavy (non-hydrogen) atoms. The third-order valence-electron chi connectivity index (χ3n) is 5.49. The SMILES string of the molecule is COc1ccccc1C(CNC(=O)c1cc(OC)c(Br)c(OC)c1)N1CCCCC1. The molecule has 1 N–H and O–H groups in total. The number of carbonyl (C=O) groups excluding carboxylic acids is 1. The number of ether oxygens (including phenoxy) is 3. The minimum Gasteiger partial charge on any atom is -0.496 e. The van der Waals surface area contributed by atoms with E-state index in [-0.39, 0.29) is 11.9 Å². The highest BCUT2D eigenvalue weighted by Gasteiger charge is 2.26. The maximum atomic E-state index is 13.0. The van der Waals surface area contributed by atoms with Crippen LogP contribution in [0.3, 0.4) is 0 Å². The molecule has 0 aromatic heterocycles. The Labute approximate surface area is 186 Å². The zero-order chi connectivity index (χ0) is 21.5. The number of likely N-dealkylation sites (tertiary alicyclic amines) is 1. The van der Waals surface area contributed by atoms with Crippen molar-refractivity contribution in [1.82, 2.24) is 10.2 Å². The van der Waals surface area contributed by atoms with Gasteiger partial charge in [0.15, 0.2) is 0 Å². The van der Waals surface area contributed by atoms with E-state index in [9.17, 15) is 4.79 Å². The van der Waals surface area contributed by atoms with Gasteiger partial charge in [-0.05, 0) is 60.1 Å². The van der Waals surface area contributed by atoms with Crippen molar-refractivity contribution in [3.8, 4) is 17.2 Å². The van der Waals surface area contributed by atoms with E-state index in [0.717, 1.165) is 24.4 Å². The molecule has 1 aliphatic heterocycles. The van der Waals surface area contributed by atoms with Crippen LogP contribution >= 0.6 is 15.9 Å². The number of piperidine rings is 1. The van der Waals surface area contributed by atoms with Crippen LogP contribution in [0.1, 0.15) is 41.2 Å². The van der Waals surface area contributed by atoms with Gasteiger partial charge in [0.1, 0.15) is 21.7 Å². The number of benzene rings is 2. The first-order chi connectivity index (χ1) is 14.6. The molecule has 1 atom stereocenters. The third kappa shape index (κ3) is 5.08. The quantitative estimate of drug-likeness (QED) is 0.610. The molecule has 1 saturated heterocycles. The fourth-order valence-electron chi connectivity index (χ4n) is 3.90. The summed E-state index contributed by atoms with van der Waals surface area (Å²) in [5.41, 5.74) is 1.58. The molecule has 0 spiro atoms. The number of hydrogen-bond donors (Lipinski definition) is 1. The summed E-state index contributed by atoms with van der Waals surface area (Å²) in [4.78, 5) is 15.4. The summed E-state index contributed by atoms with van der Waals surface area (Å²) in [6.45, 7) is 2.51. The molecule has 2 aromatic rings. The van der Waals surface area contributed by atoms with Gasteiger partial charge in [-0.3, -0.25) is 9.69 Å². The highest BCUT2D eigenvalue weighted by atomic mass is 79.9. The van der Waals surface area contributed by atoms with Crippen molar-refractivity contribution in [3.63, 3.8) is 0 Å². The second-order valence-electron chi connectivity index (χ2n) is 7.26. The molecule has 162 valence electrons. The van der Waals surface area contributed by atoms with Gasteiger partial charge in [-0.25, -0.2) is 0 Å². The lowest BCUT2D eigenvalue weighted by atomic mass is 10.0. The van der Waals surface area contributed by atoms with Gasteiger partial charge in [-0.1, -0.05) is 24.6 Å². The number of rotatable bonds is 8. The Balaban J connectivity index is 1.82.